The number of nitrogens with zero attached hydrogens (tertiary/aromatic N) is 2. The molecule has 1 aliphatic rings. The van der Waals surface area contributed by atoms with E-state index in [4.69, 9.17) is 4.52 Å². The second-order valence-corrected chi connectivity index (χ2v) is 4.95. The molecule has 0 amide bonds. The summed E-state index contributed by atoms with van der Waals surface area (Å²) in [5, 5.41) is 3.95. The number of aromatic nitrogens is 2. The predicted octanol–water partition coefficient (Wildman–Crippen LogP) is 2.66. The smallest absolute Gasteiger partial charge is 0.164 e. The highest BCUT2D eigenvalue weighted by atomic mass is 16.5. The summed E-state index contributed by atoms with van der Waals surface area (Å²) in [7, 11) is 0. The summed E-state index contributed by atoms with van der Waals surface area (Å²) in [6, 6.07) is 0. The van der Waals surface area contributed by atoms with Gasteiger partial charge < -0.3 is 9.09 Å². The summed E-state index contributed by atoms with van der Waals surface area (Å²) in [6.07, 6.45) is 6.71. The maximum absolute atomic E-state index is 11.8. The molecule has 1 aliphatic carbocycles. The molecule has 2 heterocycles. The van der Waals surface area contributed by atoms with Crippen LogP contribution < -0.4 is 0 Å². The molecule has 0 saturated carbocycles. The molecule has 0 aromatic carbocycles. The topological polar surface area (TPSA) is 48.0 Å². The predicted molar refractivity (Wildman–Crippen MR) is 66.8 cm³/mol. The van der Waals surface area contributed by atoms with Crippen molar-refractivity contribution in [2.75, 3.05) is 0 Å². The van der Waals surface area contributed by atoms with Crippen LogP contribution >= 0.6 is 0 Å². The molecule has 0 aliphatic heterocycles. The number of Topliss-reactive ketones (excluding diaryl/α,β-unsaturated/α-hetero) is 1. The van der Waals surface area contributed by atoms with Crippen LogP contribution in [0.5, 0.6) is 0 Å². The van der Waals surface area contributed by atoms with Gasteiger partial charge in [-0.1, -0.05) is 5.16 Å². The molecule has 2 aromatic heterocycles. The van der Waals surface area contributed by atoms with Crippen molar-refractivity contribution in [2.24, 2.45) is 0 Å². The summed E-state index contributed by atoms with van der Waals surface area (Å²) in [6.45, 7) is 4.59. The zero-order valence-electron chi connectivity index (χ0n) is 10.7. The zero-order valence-corrected chi connectivity index (χ0v) is 10.7. The molecular formula is C14H16N2O2. The zero-order chi connectivity index (χ0) is 12.7. The lowest BCUT2D eigenvalue weighted by Crippen LogP contribution is -2.07. The van der Waals surface area contributed by atoms with E-state index in [-0.39, 0.29) is 5.78 Å². The van der Waals surface area contributed by atoms with E-state index in [2.05, 4.69) is 15.9 Å². The number of carbonyl (C=O) groups is 1. The fourth-order valence-electron chi connectivity index (χ4n) is 2.58. The number of rotatable bonds is 2. The van der Waals surface area contributed by atoms with Gasteiger partial charge in [0, 0.05) is 29.9 Å². The molecular weight excluding hydrogens is 228 g/mol. The third-order valence-electron chi connectivity index (χ3n) is 3.63. The molecule has 0 spiro atoms. The van der Waals surface area contributed by atoms with Crippen LogP contribution in [0.15, 0.2) is 16.9 Å². The summed E-state index contributed by atoms with van der Waals surface area (Å²) in [5.41, 5.74) is 4.10. The van der Waals surface area contributed by atoms with Gasteiger partial charge in [0.05, 0.1) is 12.2 Å². The van der Waals surface area contributed by atoms with Crippen LogP contribution in [0.4, 0.5) is 0 Å². The minimum atomic E-state index is 0.272. The molecule has 94 valence electrons. The van der Waals surface area contributed by atoms with Crippen LogP contribution in [-0.2, 0) is 13.0 Å². The fourth-order valence-corrected chi connectivity index (χ4v) is 2.58. The third-order valence-corrected chi connectivity index (χ3v) is 3.63. The van der Waals surface area contributed by atoms with Crippen molar-refractivity contribution in [1.82, 2.24) is 9.72 Å². The number of hydrogen-bond acceptors (Lipinski definition) is 3. The van der Waals surface area contributed by atoms with E-state index < -0.39 is 0 Å². The Morgan fingerprint density at radius 2 is 2.17 bits per heavy atom. The van der Waals surface area contributed by atoms with Gasteiger partial charge in [0.1, 0.15) is 5.76 Å². The summed E-state index contributed by atoms with van der Waals surface area (Å²) >= 11 is 0. The SMILES string of the molecule is Cc1noc(C)c1Cn1cc2c(c1)C(=O)CCC2. The molecule has 0 atom stereocenters. The lowest BCUT2D eigenvalue weighted by Gasteiger charge is -2.07. The van der Waals surface area contributed by atoms with E-state index in [1.165, 1.54) is 5.56 Å². The van der Waals surface area contributed by atoms with Crippen molar-refractivity contribution in [1.29, 1.82) is 0 Å². The highest BCUT2D eigenvalue weighted by Crippen LogP contribution is 2.23. The van der Waals surface area contributed by atoms with Crippen molar-refractivity contribution < 1.29 is 9.32 Å². The Hall–Kier alpha value is -1.84. The molecule has 2 aromatic rings. The second kappa shape index (κ2) is 4.12. The van der Waals surface area contributed by atoms with Gasteiger partial charge in [-0.15, -0.1) is 0 Å². The largest absolute Gasteiger partial charge is 0.361 e. The standard InChI is InChI=1S/C14H16N2O2/c1-9-12(10(2)18-15-9)7-16-6-11-4-3-5-14(17)13(11)8-16/h6,8H,3-5,7H2,1-2H3. The third kappa shape index (κ3) is 1.78. The van der Waals surface area contributed by atoms with E-state index in [0.717, 1.165) is 42.0 Å². The Morgan fingerprint density at radius 1 is 1.33 bits per heavy atom. The van der Waals surface area contributed by atoms with Crippen molar-refractivity contribution in [3.63, 3.8) is 0 Å². The maximum atomic E-state index is 11.8. The number of ketones is 1. The average molecular weight is 244 g/mol. The Balaban J connectivity index is 1.93. The first-order chi connectivity index (χ1) is 8.65. The molecule has 0 bridgehead atoms. The fraction of sp³-hybridized carbons (Fsp3) is 0.429. The highest BCUT2D eigenvalue weighted by Gasteiger charge is 2.19. The van der Waals surface area contributed by atoms with Gasteiger partial charge >= 0.3 is 0 Å². The quantitative estimate of drug-likeness (QED) is 0.816. The molecule has 0 radical (unpaired) electrons. The lowest BCUT2D eigenvalue weighted by atomic mass is 9.95. The number of fused-ring (bicyclic) bond motifs is 1. The summed E-state index contributed by atoms with van der Waals surface area (Å²) < 4.78 is 7.23. The summed E-state index contributed by atoms with van der Waals surface area (Å²) in [5.74, 6) is 1.12. The highest BCUT2D eigenvalue weighted by molar-refractivity contribution is 5.98. The van der Waals surface area contributed by atoms with Gasteiger partial charge in [0.25, 0.3) is 0 Å². The minimum Gasteiger partial charge on any atom is -0.361 e. The van der Waals surface area contributed by atoms with Crippen LogP contribution in [0, 0.1) is 13.8 Å². The van der Waals surface area contributed by atoms with Crippen LogP contribution in [0.3, 0.4) is 0 Å². The molecule has 3 rings (SSSR count). The first-order valence-electron chi connectivity index (χ1n) is 6.29. The number of aryl methyl sites for hydroxylation is 3. The molecule has 4 nitrogen and oxygen atoms in total. The Kier molecular flexibility index (Phi) is 2.58. The van der Waals surface area contributed by atoms with E-state index in [1.807, 2.05) is 20.0 Å². The van der Waals surface area contributed by atoms with Gasteiger partial charge in [-0.25, -0.2) is 0 Å². The van der Waals surface area contributed by atoms with Crippen LogP contribution in [0.1, 0.15) is 45.8 Å². The van der Waals surface area contributed by atoms with E-state index in [9.17, 15) is 4.79 Å². The van der Waals surface area contributed by atoms with E-state index in [0.29, 0.717) is 6.42 Å². The molecule has 0 N–H and O–H groups in total. The number of hydrogen-bond donors (Lipinski definition) is 0. The lowest BCUT2D eigenvalue weighted by molar-refractivity contribution is 0.0973. The maximum Gasteiger partial charge on any atom is 0.164 e. The molecule has 4 heteroatoms. The molecule has 0 unspecified atom stereocenters. The van der Waals surface area contributed by atoms with Crippen LogP contribution in [0.2, 0.25) is 0 Å². The van der Waals surface area contributed by atoms with E-state index >= 15 is 0 Å². The van der Waals surface area contributed by atoms with Crippen molar-refractivity contribution in [3.8, 4) is 0 Å². The molecule has 0 fully saturated rings. The van der Waals surface area contributed by atoms with Gasteiger partial charge in [-0.3, -0.25) is 4.79 Å². The Bertz CT molecular complexity index is 588. The van der Waals surface area contributed by atoms with Crippen LogP contribution in [-0.4, -0.2) is 15.5 Å². The Morgan fingerprint density at radius 3 is 2.83 bits per heavy atom. The van der Waals surface area contributed by atoms with Gasteiger partial charge in [0.15, 0.2) is 5.78 Å². The van der Waals surface area contributed by atoms with Gasteiger partial charge in [-0.2, -0.15) is 0 Å². The normalized spacial score (nSPS) is 14.9. The van der Waals surface area contributed by atoms with E-state index in [1.54, 1.807) is 0 Å². The van der Waals surface area contributed by atoms with Crippen LogP contribution in [0.25, 0.3) is 0 Å². The van der Waals surface area contributed by atoms with Crippen molar-refractivity contribution in [2.45, 2.75) is 39.7 Å². The molecule has 0 saturated heterocycles. The van der Waals surface area contributed by atoms with Gasteiger partial charge in [0.2, 0.25) is 0 Å². The average Bonchev–Trinajstić information content (AvgIpc) is 2.89. The van der Waals surface area contributed by atoms with Gasteiger partial charge in [-0.05, 0) is 32.3 Å². The van der Waals surface area contributed by atoms with Crippen molar-refractivity contribution >= 4 is 5.78 Å². The Labute approximate surface area is 106 Å². The second-order valence-electron chi connectivity index (χ2n) is 4.95. The minimum absolute atomic E-state index is 0.272. The number of carbonyl (C=O) groups excluding carboxylic acids is 1. The summed E-state index contributed by atoms with van der Waals surface area (Å²) in [4.78, 5) is 11.8. The first-order valence-corrected chi connectivity index (χ1v) is 6.29. The monoisotopic (exact) mass is 244 g/mol. The molecule has 18 heavy (non-hydrogen) atoms. The van der Waals surface area contributed by atoms with Crippen molar-refractivity contribution in [3.05, 3.63) is 40.5 Å². The first kappa shape index (κ1) is 11.3.